The fraction of sp³-hybridized carbons (Fsp3) is 0.500. The molecule has 2 heterocycles. The third kappa shape index (κ3) is 3.27. The van der Waals surface area contributed by atoms with Gasteiger partial charge in [-0.25, -0.2) is 4.79 Å². The summed E-state index contributed by atoms with van der Waals surface area (Å²) in [6.07, 6.45) is -0.299. The molecule has 5 nitrogen and oxygen atoms in total. The van der Waals surface area contributed by atoms with Gasteiger partial charge in [-0.2, -0.15) is 0 Å². The first kappa shape index (κ1) is 14.3. The van der Waals surface area contributed by atoms with Gasteiger partial charge in [0.1, 0.15) is 4.88 Å². The van der Waals surface area contributed by atoms with Crippen LogP contribution in [-0.2, 0) is 4.74 Å². The van der Waals surface area contributed by atoms with Gasteiger partial charge in [-0.3, -0.25) is 4.79 Å². The summed E-state index contributed by atoms with van der Waals surface area (Å²) in [4.78, 5) is 27.9. The normalized spacial score (nSPS) is 15.5. The van der Waals surface area contributed by atoms with E-state index in [4.69, 9.17) is 4.74 Å². The Morgan fingerprint density at radius 3 is 2.47 bits per heavy atom. The van der Waals surface area contributed by atoms with E-state index in [0.717, 1.165) is 4.47 Å². The van der Waals surface area contributed by atoms with Gasteiger partial charge >= 0.3 is 6.09 Å². The zero-order chi connectivity index (χ0) is 13.8. The van der Waals surface area contributed by atoms with Gasteiger partial charge in [0.2, 0.25) is 0 Å². The van der Waals surface area contributed by atoms with Crippen molar-refractivity contribution in [2.24, 2.45) is 0 Å². The molecular formula is C12H15BrN2O3S. The lowest BCUT2D eigenvalue weighted by molar-refractivity contribution is 0.0573. The fourth-order valence-corrected chi connectivity index (χ4v) is 3.40. The standard InChI is InChI=1S/C12H15BrN2O3S/c1-2-18-12(17)15-6-4-14(5-7-15)11(16)10-9(13)3-8-19-10/h3,8H,2,4-7H2,1H3. The van der Waals surface area contributed by atoms with Crippen molar-refractivity contribution >= 4 is 39.3 Å². The average molecular weight is 347 g/mol. The molecule has 0 unspecified atom stereocenters. The molecule has 1 saturated heterocycles. The van der Waals surface area contributed by atoms with E-state index >= 15 is 0 Å². The van der Waals surface area contributed by atoms with Gasteiger partial charge in [0.05, 0.1) is 6.61 Å². The van der Waals surface area contributed by atoms with Crippen LogP contribution >= 0.6 is 27.3 Å². The number of carbonyl (C=O) groups is 2. The van der Waals surface area contributed by atoms with Crippen LogP contribution in [0.5, 0.6) is 0 Å². The molecule has 2 rings (SSSR count). The molecule has 0 radical (unpaired) electrons. The second kappa shape index (κ2) is 6.38. The first-order chi connectivity index (χ1) is 9.13. The average Bonchev–Trinajstić information content (AvgIpc) is 2.84. The number of carbonyl (C=O) groups excluding carboxylic acids is 2. The molecule has 7 heteroatoms. The van der Waals surface area contributed by atoms with Crippen LogP contribution in [0.4, 0.5) is 4.79 Å². The summed E-state index contributed by atoms with van der Waals surface area (Å²) in [5.74, 6) is 0.0189. The van der Waals surface area contributed by atoms with Crippen molar-refractivity contribution < 1.29 is 14.3 Å². The molecule has 0 bridgehead atoms. The van der Waals surface area contributed by atoms with Crippen molar-refractivity contribution in [2.45, 2.75) is 6.92 Å². The number of rotatable bonds is 2. The molecule has 0 saturated carbocycles. The highest BCUT2D eigenvalue weighted by molar-refractivity contribution is 9.10. The maximum absolute atomic E-state index is 12.3. The number of halogens is 1. The van der Waals surface area contributed by atoms with Crippen molar-refractivity contribution in [3.05, 3.63) is 20.8 Å². The van der Waals surface area contributed by atoms with E-state index in [1.165, 1.54) is 11.3 Å². The number of hydrogen-bond donors (Lipinski definition) is 0. The Labute approximate surface area is 124 Å². The molecule has 0 aliphatic carbocycles. The minimum atomic E-state index is -0.299. The van der Waals surface area contributed by atoms with Gasteiger partial charge in [-0.1, -0.05) is 0 Å². The number of hydrogen-bond acceptors (Lipinski definition) is 4. The summed E-state index contributed by atoms with van der Waals surface area (Å²) in [6, 6.07) is 1.87. The van der Waals surface area contributed by atoms with E-state index in [0.29, 0.717) is 37.7 Å². The number of thiophene rings is 1. The van der Waals surface area contributed by atoms with E-state index in [1.807, 2.05) is 11.4 Å². The van der Waals surface area contributed by atoms with Gasteiger partial charge in [0.15, 0.2) is 0 Å². The number of ether oxygens (including phenoxy) is 1. The van der Waals surface area contributed by atoms with Crippen molar-refractivity contribution in [2.75, 3.05) is 32.8 Å². The van der Waals surface area contributed by atoms with E-state index in [1.54, 1.807) is 16.7 Å². The number of nitrogens with zero attached hydrogens (tertiary/aromatic N) is 2. The molecule has 1 aliphatic rings. The van der Waals surface area contributed by atoms with Gasteiger partial charge in [-0.05, 0) is 34.3 Å². The van der Waals surface area contributed by atoms with Crippen molar-refractivity contribution in [1.29, 1.82) is 0 Å². The topological polar surface area (TPSA) is 49.9 Å². The van der Waals surface area contributed by atoms with Crippen molar-refractivity contribution in [3.63, 3.8) is 0 Å². The Balaban J connectivity index is 1.92. The van der Waals surface area contributed by atoms with Crippen molar-refractivity contribution in [3.8, 4) is 0 Å². The molecule has 0 N–H and O–H groups in total. The SMILES string of the molecule is CCOC(=O)N1CCN(C(=O)c2sccc2Br)CC1. The first-order valence-electron chi connectivity index (χ1n) is 6.07. The van der Waals surface area contributed by atoms with Crippen LogP contribution in [0.15, 0.2) is 15.9 Å². The maximum atomic E-state index is 12.3. The lowest BCUT2D eigenvalue weighted by Gasteiger charge is -2.33. The Bertz CT molecular complexity index is 469. The summed E-state index contributed by atoms with van der Waals surface area (Å²) < 4.78 is 5.78. The molecule has 1 aliphatic heterocycles. The Hall–Kier alpha value is -1.08. The fourth-order valence-electron chi connectivity index (χ4n) is 1.90. The van der Waals surface area contributed by atoms with Crippen molar-refractivity contribution in [1.82, 2.24) is 9.80 Å². The molecule has 0 spiro atoms. The molecule has 1 aromatic rings. The van der Waals surface area contributed by atoms with Gasteiger partial charge < -0.3 is 14.5 Å². The molecular weight excluding hydrogens is 332 g/mol. The molecule has 0 atom stereocenters. The van der Waals surface area contributed by atoms with Crippen LogP contribution in [0.3, 0.4) is 0 Å². The second-order valence-electron chi connectivity index (χ2n) is 4.08. The summed E-state index contributed by atoms with van der Waals surface area (Å²) in [5.41, 5.74) is 0. The van der Waals surface area contributed by atoms with Crippen LogP contribution in [0.1, 0.15) is 16.6 Å². The summed E-state index contributed by atoms with van der Waals surface area (Å²) >= 11 is 4.79. The largest absolute Gasteiger partial charge is 0.450 e. The molecule has 1 aromatic heterocycles. The zero-order valence-corrected chi connectivity index (χ0v) is 13.0. The third-order valence-corrected chi connectivity index (χ3v) is 4.73. The Morgan fingerprint density at radius 2 is 1.95 bits per heavy atom. The minimum absolute atomic E-state index is 0.0189. The quantitative estimate of drug-likeness (QED) is 0.826. The van der Waals surface area contributed by atoms with E-state index in [2.05, 4.69) is 15.9 Å². The Kier molecular flexibility index (Phi) is 4.81. The predicted octanol–water partition coefficient (Wildman–Crippen LogP) is 2.42. The molecule has 2 amide bonds. The van der Waals surface area contributed by atoms with E-state index in [9.17, 15) is 9.59 Å². The highest BCUT2D eigenvalue weighted by Gasteiger charge is 2.26. The zero-order valence-electron chi connectivity index (χ0n) is 10.6. The van der Waals surface area contributed by atoms with Crippen LogP contribution < -0.4 is 0 Å². The molecule has 0 aromatic carbocycles. The van der Waals surface area contributed by atoms with Gasteiger partial charge in [0, 0.05) is 30.7 Å². The second-order valence-corrected chi connectivity index (χ2v) is 5.85. The minimum Gasteiger partial charge on any atom is -0.450 e. The highest BCUT2D eigenvalue weighted by atomic mass is 79.9. The first-order valence-corrected chi connectivity index (χ1v) is 7.74. The summed E-state index contributed by atoms with van der Waals surface area (Å²) in [5, 5.41) is 1.88. The monoisotopic (exact) mass is 346 g/mol. The van der Waals surface area contributed by atoms with Crippen LogP contribution in [0.2, 0.25) is 0 Å². The summed E-state index contributed by atoms with van der Waals surface area (Å²) in [6.45, 7) is 4.29. The smallest absolute Gasteiger partial charge is 0.409 e. The number of amides is 2. The van der Waals surface area contributed by atoms with Gasteiger partial charge in [0.25, 0.3) is 5.91 Å². The molecule has 19 heavy (non-hydrogen) atoms. The molecule has 104 valence electrons. The van der Waals surface area contributed by atoms with E-state index < -0.39 is 0 Å². The Morgan fingerprint density at radius 1 is 1.32 bits per heavy atom. The van der Waals surface area contributed by atoms with Crippen LogP contribution in [0, 0.1) is 0 Å². The molecule has 1 fully saturated rings. The maximum Gasteiger partial charge on any atom is 0.409 e. The highest BCUT2D eigenvalue weighted by Crippen LogP contribution is 2.24. The van der Waals surface area contributed by atoms with Crippen LogP contribution in [-0.4, -0.2) is 54.6 Å². The van der Waals surface area contributed by atoms with E-state index in [-0.39, 0.29) is 12.0 Å². The predicted molar refractivity (Wildman–Crippen MR) is 76.5 cm³/mol. The lowest BCUT2D eigenvalue weighted by Crippen LogP contribution is -2.50. The number of piperazine rings is 1. The lowest BCUT2D eigenvalue weighted by atomic mass is 10.3. The summed E-state index contributed by atoms with van der Waals surface area (Å²) in [7, 11) is 0. The van der Waals surface area contributed by atoms with Crippen LogP contribution in [0.25, 0.3) is 0 Å². The van der Waals surface area contributed by atoms with Gasteiger partial charge in [-0.15, -0.1) is 11.3 Å². The third-order valence-electron chi connectivity index (χ3n) is 2.90.